The molecule has 1 heterocycles. The number of methoxy groups -OCH3 is 1. The highest BCUT2D eigenvalue weighted by Crippen LogP contribution is 2.28. The van der Waals surface area contributed by atoms with Crippen molar-refractivity contribution in [1.29, 1.82) is 0 Å². The quantitative estimate of drug-likeness (QED) is 0.413. The molecule has 0 saturated carbocycles. The van der Waals surface area contributed by atoms with Crippen LogP contribution >= 0.6 is 0 Å². The molecule has 0 saturated heterocycles. The number of rotatable bonds is 8. The van der Waals surface area contributed by atoms with Crippen LogP contribution in [0.15, 0.2) is 84.0 Å². The zero-order valence-corrected chi connectivity index (χ0v) is 19.3. The molecule has 0 radical (unpaired) electrons. The van der Waals surface area contributed by atoms with Crippen molar-refractivity contribution in [3.05, 3.63) is 90.3 Å². The van der Waals surface area contributed by atoms with Gasteiger partial charge in [0.25, 0.3) is 5.91 Å². The zero-order chi connectivity index (χ0) is 24.1. The third-order valence-electron chi connectivity index (χ3n) is 5.10. The lowest BCUT2D eigenvalue weighted by atomic mass is 10.2. The maximum Gasteiger partial charge on any atom is 0.255 e. The second kappa shape index (κ2) is 9.81. The molecule has 4 aromatic rings. The second-order valence-electron chi connectivity index (χ2n) is 7.37. The molecule has 0 spiro atoms. The first-order valence-corrected chi connectivity index (χ1v) is 11.7. The Hall–Kier alpha value is -4.09. The highest BCUT2D eigenvalue weighted by Gasteiger charge is 2.26. The van der Waals surface area contributed by atoms with Gasteiger partial charge < -0.3 is 10.1 Å². The first kappa shape index (κ1) is 23.1. The number of ether oxygens (including phenoxy) is 1. The van der Waals surface area contributed by atoms with Crippen molar-refractivity contribution in [3.8, 4) is 11.4 Å². The Balaban J connectivity index is 1.56. The summed E-state index contributed by atoms with van der Waals surface area (Å²) in [6, 6.07) is 20.4. The summed E-state index contributed by atoms with van der Waals surface area (Å²) < 4.78 is 34.6. The molecule has 0 aliphatic heterocycles. The van der Waals surface area contributed by atoms with Crippen LogP contribution in [0.5, 0.6) is 5.75 Å². The van der Waals surface area contributed by atoms with Gasteiger partial charge in [0.05, 0.1) is 12.8 Å². The van der Waals surface area contributed by atoms with Gasteiger partial charge in [-0.1, -0.05) is 30.3 Å². The fraction of sp³-hybridized carbons (Fsp3) is 0.130. The first-order chi connectivity index (χ1) is 16.4. The Morgan fingerprint density at radius 2 is 1.79 bits per heavy atom. The number of anilines is 1. The van der Waals surface area contributed by atoms with E-state index in [1.165, 1.54) is 47.7 Å². The summed E-state index contributed by atoms with van der Waals surface area (Å²) in [6.45, 7) is 0.177. The number of hydrogen-bond acceptors (Lipinski definition) is 7. The van der Waals surface area contributed by atoms with E-state index >= 15 is 0 Å². The summed E-state index contributed by atoms with van der Waals surface area (Å²) in [6.07, 6.45) is 1.46. The van der Waals surface area contributed by atoms with Crippen molar-refractivity contribution in [2.24, 2.45) is 0 Å². The number of hydrogen-bond donors (Lipinski definition) is 1. The Morgan fingerprint density at radius 3 is 2.44 bits per heavy atom. The van der Waals surface area contributed by atoms with Crippen molar-refractivity contribution in [1.82, 2.24) is 24.5 Å². The largest absolute Gasteiger partial charge is 0.495 e. The SMILES string of the molecule is COc1ccc(C(=O)Nc2ccc(-n3cnnn3)cc2)cc1S(=O)(=O)N(C)Cc1ccccc1. The summed E-state index contributed by atoms with van der Waals surface area (Å²) in [5.74, 6) is -0.303. The third-order valence-corrected chi connectivity index (χ3v) is 6.93. The fourth-order valence-corrected chi connectivity index (χ4v) is 4.63. The van der Waals surface area contributed by atoms with E-state index in [1.807, 2.05) is 30.3 Å². The Kier molecular flexibility index (Phi) is 6.66. The van der Waals surface area contributed by atoms with Crippen molar-refractivity contribution >= 4 is 21.6 Å². The molecule has 10 nitrogen and oxygen atoms in total. The molecule has 174 valence electrons. The molecule has 1 aromatic heterocycles. The fourth-order valence-electron chi connectivity index (χ4n) is 3.29. The van der Waals surface area contributed by atoms with Gasteiger partial charge in [0, 0.05) is 24.8 Å². The minimum Gasteiger partial charge on any atom is -0.495 e. The Bertz CT molecular complexity index is 1380. The van der Waals surface area contributed by atoms with E-state index in [4.69, 9.17) is 4.74 Å². The van der Waals surface area contributed by atoms with E-state index in [0.29, 0.717) is 5.69 Å². The van der Waals surface area contributed by atoms with Gasteiger partial charge in [-0.25, -0.2) is 13.1 Å². The average molecular weight is 479 g/mol. The Labute approximate surface area is 196 Å². The van der Waals surface area contributed by atoms with E-state index < -0.39 is 15.9 Å². The lowest BCUT2D eigenvalue weighted by Gasteiger charge is -2.19. The second-order valence-corrected chi connectivity index (χ2v) is 9.38. The molecule has 3 aromatic carbocycles. The van der Waals surface area contributed by atoms with Gasteiger partial charge in [-0.3, -0.25) is 4.79 Å². The predicted molar refractivity (Wildman–Crippen MR) is 125 cm³/mol. The minimum atomic E-state index is -3.93. The van der Waals surface area contributed by atoms with Crippen LogP contribution < -0.4 is 10.1 Å². The van der Waals surface area contributed by atoms with Gasteiger partial charge in [-0.05, 0) is 58.5 Å². The number of tetrazole rings is 1. The maximum atomic E-state index is 13.3. The minimum absolute atomic E-state index is 0.0879. The van der Waals surface area contributed by atoms with E-state index in [-0.39, 0.29) is 22.8 Å². The third kappa shape index (κ3) is 4.95. The molecule has 0 bridgehead atoms. The first-order valence-electron chi connectivity index (χ1n) is 10.2. The number of nitrogens with zero attached hydrogens (tertiary/aromatic N) is 5. The molecule has 1 amide bonds. The molecule has 1 N–H and O–H groups in total. The van der Waals surface area contributed by atoms with Crippen molar-refractivity contribution in [2.75, 3.05) is 19.5 Å². The number of amides is 1. The lowest BCUT2D eigenvalue weighted by Crippen LogP contribution is -2.27. The van der Waals surface area contributed by atoms with Crippen LogP contribution in [0.2, 0.25) is 0 Å². The molecule has 11 heteroatoms. The summed E-state index contributed by atoms with van der Waals surface area (Å²) >= 11 is 0. The highest BCUT2D eigenvalue weighted by molar-refractivity contribution is 7.89. The van der Waals surface area contributed by atoms with Crippen LogP contribution in [0, 0.1) is 0 Å². The van der Waals surface area contributed by atoms with Gasteiger partial charge in [-0.15, -0.1) is 5.10 Å². The lowest BCUT2D eigenvalue weighted by molar-refractivity contribution is 0.102. The number of nitrogens with one attached hydrogen (secondary N) is 1. The molecular weight excluding hydrogens is 456 g/mol. The molecule has 0 aliphatic rings. The molecular formula is C23H22N6O4S. The van der Waals surface area contributed by atoms with E-state index in [1.54, 1.807) is 24.3 Å². The van der Waals surface area contributed by atoms with Gasteiger partial charge in [-0.2, -0.15) is 4.31 Å². The molecule has 0 fully saturated rings. The number of carbonyl (C=O) groups excluding carboxylic acids is 1. The van der Waals surface area contributed by atoms with Crippen LogP contribution in [-0.2, 0) is 16.6 Å². The van der Waals surface area contributed by atoms with Crippen molar-refractivity contribution < 1.29 is 17.9 Å². The topological polar surface area (TPSA) is 119 Å². The van der Waals surface area contributed by atoms with Gasteiger partial charge in [0.2, 0.25) is 10.0 Å². The van der Waals surface area contributed by atoms with Crippen LogP contribution in [0.1, 0.15) is 15.9 Å². The molecule has 4 rings (SSSR count). The molecule has 0 aliphatic carbocycles. The monoisotopic (exact) mass is 478 g/mol. The maximum absolute atomic E-state index is 13.3. The normalized spacial score (nSPS) is 11.4. The zero-order valence-electron chi connectivity index (χ0n) is 18.5. The van der Waals surface area contributed by atoms with Gasteiger partial charge in [0.15, 0.2) is 0 Å². The molecule has 0 unspecified atom stereocenters. The average Bonchev–Trinajstić information content (AvgIpc) is 3.39. The van der Waals surface area contributed by atoms with E-state index in [0.717, 1.165) is 11.3 Å². The summed E-state index contributed by atoms with van der Waals surface area (Å²) in [5.41, 5.74) is 2.27. The number of sulfonamides is 1. The highest BCUT2D eigenvalue weighted by atomic mass is 32.2. The van der Waals surface area contributed by atoms with E-state index in [9.17, 15) is 13.2 Å². The van der Waals surface area contributed by atoms with Crippen molar-refractivity contribution in [2.45, 2.75) is 11.4 Å². The smallest absolute Gasteiger partial charge is 0.255 e. The standard InChI is InChI=1S/C23H22N6O4S/c1-28(15-17-6-4-3-5-7-17)34(31,32)22-14-18(8-13-21(22)33-2)23(30)25-19-9-11-20(12-10-19)29-16-24-26-27-29/h3-14,16H,15H2,1-2H3,(H,25,30). The summed E-state index contributed by atoms with van der Waals surface area (Å²) in [7, 11) is -1.06. The van der Waals surface area contributed by atoms with Crippen LogP contribution in [-0.4, -0.2) is 53.0 Å². The van der Waals surface area contributed by atoms with E-state index in [2.05, 4.69) is 20.8 Å². The van der Waals surface area contributed by atoms with Crippen LogP contribution in [0.3, 0.4) is 0 Å². The number of benzene rings is 3. The number of carbonyl (C=O) groups is 1. The predicted octanol–water partition coefficient (Wildman–Crippen LogP) is 2.74. The number of aromatic nitrogens is 4. The van der Waals surface area contributed by atoms with Crippen molar-refractivity contribution in [3.63, 3.8) is 0 Å². The summed E-state index contributed by atoms with van der Waals surface area (Å²) in [4.78, 5) is 12.8. The van der Waals surface area contributed by atoms with Crippen LogP contribution in [0.4, 0.5) is 5.69 Å². The summed E-state index contributed by atoms with van der Waals surface area (Å²) in [5, 5.41) is 13.7. The molecule has 34 heavy (non-hydrogen) atoms. The van der Waals surface area contributed by atoms with Crippen LogP contribution in [0.25, 0.3) is 5.69 Å². The van der Waals surface area contributed by atoms with Gasteiger partial charge in [0.1, 0.15) is 17.0 Å². The van der Waals surface area contributed by atoms with Gasteiger partial charge >= 0.3 is 0 Å². The molecule has 0 atom stereocenters. The Morgan fingerprint density at radius 1 is 1.06 bits per heavy atom.